The molecule has 2 unspecified atom stereocenters. The maximum atomic E-state index is 12.9. The summed E-state index contributed by atoms with van der Waals surface area (Å²) in [7, 11) is 5.99. The third-order valence-corrected chi connectivity index (χ3v) is 16.3. The minimum atomic E-state index is -1.51. The van der Waals surface area contributed by atoms with Gasteiger partial charge in [0, 0.05) is 12.8 Å². The van der Waals surface area contributed by atoms with Gasteiger partial charge in [-0.05, 0) is 51.4 Å². The van der Waals surface area contributed by atoms with Crippen molar-refractivity contribution in [2.45, 2.75) is 367 Å². The molecular formula is C75H140NO8+. The molecule has 0 saturated heterocycles. The van der Waals surface area contributed by atoms with E-state index in [1.807, 2.05) is 21.1 Å². The van der Waals surface area contributed by atoms with Crippen LogP contribution < -0.4 is 0 Å². The summed E-state index contributed by atoms with van der Waals surface area (Å²) in [5, 5.41) is 9.75. The number of hydrogen-bond donors (Lipinski definition) is 1. The SMILES string of the molecule is CC/C=C\C/C=C\C/C=C\C/C=C\CCCCCCCCCCCCCCCCC(=O)OC(COC(=O)CCCCCCCCCCCCCCCCCCCCCCCCCCCCCCCCCC)COC(OCC[N+](C)(C)C)C(=O)O. The van der Waals surface area contributed by atoms with E-state index in [-0.39, 0.29) is 38.2 Å². The molecule has 0 aliphatic heterocycles. The molecule has 84 heavy (non-hydrogen) atoms. The summed E-state index contributed by atoms with van der Waals surface area (Å²) in [6.07, 6.45) is 82.4. The molecule has 0 fully saturated rings. The molecule has 0 aromatic carbocycles. The van der Waals surface area contributed by atoms with Crippen LogP contribution in [0.15, 0.2) is 48.6 Å². The average molecular weight is 1180 g/mol. The van der Waals surface area contributed by atoms with E-state index in [0.717, 1.165) is 64.2 Å². The minimum absolute atomic E-state index is 0.178. The second-order valence-corrected chi connectivity index (χ2v) is 25.9. The van der Waals surface area contributed by atoms with Gasteiger partial charge in [-0.15, -0.1) is 0 Å². The maximum absolute atomic E-state index is 12.9. The lowest BCUT2D eigenvalue weighted by Crippen LogP contribution is -2.40. The van der Waals surface area contributed by atoms with Crippen molar-refractivity contribution >= 4 is 17.9 Å². The van der Waals surface area contributed by atoms with E-state index in [4.69, 9.17) is 18.9 Å². The summed E-state index contributed by atoms with van der Waals surface area (Å²) in [5.41, 5.74) is 0. The normalized spacial score (nSPS) is 12.9. The topological polar surface area (TPSA) is 108 Å². The van der Waals surface area contributed by atoms with Crippen LogP contribution in [0.5, 0.6) is 0 Å². The quantitative estimate of drug-likeness (QED) is 0.0211. The Hall–Kier alpha value is -2.75. The van der Waals surface area contributed by atoms with Crippen LogP contribution in [0.2, 0.25) is 0 Å². The van der Waals surface area contributed by atoms with Crippen LogP contribution in [0, 0.1) is 0 Å². The largest absolute Gasteiger partial charge is 0.477 e. The molecule has 0 aliphatic carbocycles. The lowest BCUT2D eigenvalue weighted by atomic mass is 10.0. The first-order valence-electron chi connectivity index (χ1n) is 36.3. The van der Waals surface area contributed by atoms with E-state index in [9.17, 15) is 19.5 Å². The number of carbonyl (C=O) groups is 3. The molecule has 0 amide bonds. The molecule has 0 radical (unpaired) electrons. The summed E-state index contributed by atoms with van der Waals surface area (Å²) in [5.74, 6) is -1.98. The molecule has 0 rings (SSSR count). The summed E-state index contributed by atoms with van der Waals surface area (Å²) in [4.78, 5) is 37.6. The highest BCUT2D eigenvalue weighted by atomic mass is 16.7. The van der Waals surface area contributed by atoms with E-state index in [2.05, 4.69) is 62.5 Å². The van der Waals surface area contributed by atoms with E-state index in [1.165, 1.54) is 263 Å². The van der Waals surface area contributed by atoms with Crippen LogP contribution in [0.25, 0.3) is 0 Å². The molecular weight excluding hydrogens is 1040 g/mol. The average Bonchev–Trinajstić information content (AvgIpc) is 3.51. The highest BCUT2D eigenvalue weighted by molar-refractivity contribution is 5.71. The second kappa shape index (κ2) is 66.2. The fraction of sp³-hybridized carbons (Fsp3) is 0.853. The van der Waals surface area contributed by atoms with E-state index in [1.54, 1.807) is 0 Å². The zero-order valence-corrected chi connectivity index (χ0v) is 56.3. The summed E-state index contributed by atoms with van der Waals surface area (Å²) >= 11 is 0. The molecule has 0 spiro atoms. The monoisotopic (exact) mass is 1180 g/mol. The molecule has 1 N–H and O–H groups in total. The molecule has 2 atom stereocenters. The highest BCUT2D eigenvalue weighted by Gasteiger charge is 2.25. The molecule has 492 valence electrons. The van der Waals surface area contributed by atoms with Crippen molar-refractivity contribution in [3.05, 3.63) is 48.6 Å². The number of esters is 2. The number of nitrogens with zero attached hydrogens (tertiary/aromatic N) is 1. The van der Waals surface area contributed by atoms with Crippen molar-refractivity contribution in [1.29, 1.82) is 0 Å². The third kappa shape index (κ3) is 66.8. The summed E-state index contributed by atoms with van der Waals surface area (Å²) in [6, 6.07) is 0. The van der Waals surface area contributed by atoms with Crippen molar-refractivity contribution in [2.75, 3.05) is 47.5 Å². The number of likely N-dealkylation sites (N-methyl/N-ethyl adjacent to an activating group) is 1. The number of hydrogen-bond acceptors (Lipinski definition) is 7. The summed E-state index contributed by atoms with van der Waals surface area (Å²) < 4.78 is 23.0. The molecule has 0 saturated carbocycles. The van der Waals surface area contributed by atoms with Crippen LogP contribution >= 0.6 is 0 Å². The van der Waals surface area contributed by atoms with Gasteiger partial charge in [-0.25, -0.2) is 4.79 Å². The van der Waals surface area contributed by atoms with Gasteiger partial charge in [0.25, 0.3) is 6.29 Å². The lowest BCUT2D eigenvalue weighted by Gasteiger charge is -2.25. The van der Waals surface area contributed by atoms with Crippen molar-refractivity contribution < 1.29 is 42.9 Å². The fourth-order valence-corrected chi connectivity index (χ4v) is 10.8. The lowest BCUT2D eigenvalue weighted by molar-refractivity contribution is -0.870. The molecule has 9 nitrogen and oxygen atoms in total. The molecule has 9 heteroatoms. The first-order chi connectivity index (χ1) is 41.1. The zero-order valence-electron chi connectivity index (χ0n) is 56.3. The molecule has 0 bridgehead atoms. The Bertz CT molecular complexity index is 1520. The van der Waals surface area contributed by atoms with Crippen molar-refractivity contribution in [2.24, 2.45) is 0 Å². The zero-order chi connectivity index (χ0) is 61.2. The van der Waals surface area contributed by atoms with Gasteiger partial charge in [0.05, 0.1) is 34.4 Å². The number of carboxylic acids is 1. The number of allylic oxidation sites excluding steroid dienone is 8. The minimum Gasteiger partial charge on any atom is -0.477 e. The van der Waals surface area contributed by atoms with Gasteiger partial charge >= 0.3 is 17.9 Å². The molecule has 0 aliphatic rings. The van der Waals surface area contributed by atoms with Crippen LogP contribution in [-0.2, 0) is 33.3 Å². The van der Waals surface area contributed by atoms with Crippen LogP contribution in [0.1, 0.15) is 354 Å². The molecule has 0 aromatic heterocycles. The Morgan fingerprint density at radius 2 is 0.679 bits per heavy atom. The van der Waals surface area contributed by atoms with E-state index >= 15 is 0 Å². The number of carbonyl (C=O) groups excluding carboxylic acids is 2. The Balaban J connectivity index is 4.04. The Labute approximate surface area is 521 Å². The maximum Gasteiger partial charge on any atom is 0.361 e. The van der Waals surface area contributed by atoms with Gasteiger partial charge in [0.15, 0.2) is 6.10 Å². The summed E-state index contributed by atoms with van der Waals surface area (Å²) in [6.45, 7) is 4.83. The van der Waals surface area contributed by atoms with Crippen molar-refractivity contribution in [3.63, 3.8) is 0 Å². The van der Waals surface area contributed by atoms with E-state index in [0.29, 0.717) is 17.4 Å². The number of carboxylic acid groups (broad SMARTS) is 1. The van der Waals surface area contributed by atoms with Gasteiger partial charge in [0.1, 0.15) is 13.2 Å². The smallest absolute Gasteiger partial charge is 0.361 e. The molecule has 0 aromatic rings. The van der Waals surface area contributed by atoms with Crippen LogP contribution in [0.3, 0.4) is 0 Å². The first kappa shape index (κ1) is 81.2. The van der Waals surface area contributed by atoms with Crippen LogP contribution in [-0.4, -0.2) is 87.4 Å². The highest BCUT2D eigenvalue weighted by Crippen LogP contribution is 2.19. The third-order valence-electron chi connectivity index (χ3n) is 16.3. The van der Waals surface area contributed by atoms with Gasteiger partial charge in [-0.3, -0.25) is 9.59 Å². The standard InChI is InChI=1S/C75H139NO8/c1-6-8-10-12-14-16-18-20-22-24-26-28-30-32-34-35-36-37-38-40-41-43-45-47-49-51-53-55-57-59-61-63-65-72(77)82-69-71(70-83-75(74(79)80)81-68-67-76(3,4)5)84-73(78)66-64-62-60-58-56-54-52-50-48-46-44-42-39-33-31-29-27-25-23-21-19-17-15-13-11-9-7-2/h9,11,15,17,21,23,27,29,71,75H,6-8,10,12-14,16,18-20,22,24-26,28,30-70H2,1-5H3/p+1/b11-9-,17-15-,23-21-,29-27-. The molecule has 0 heterocycles. The number of unbranched alkanes of at least 4 members (excludes halogenated alkanes) is 45. The van der Waals surface area contributed by atoms with Gasteiger partial charge in [0.2, 0.25) is 0 Å². The number of aliphatic carboxylic acids is 1. The van der Waals surface area contributed by atoms with Crippen molar-refractivity contribution in [3.8, 4) is 0 Å². The number of rotatable bonds is 68. The predicted octanol–water partition coefficient (Wildman–Crippen LogP) is 22.5. The second-order valence-electron chi connectivity index (χ2n) is 25.9. The van der Waals surface area contributed by atoms with E-state index < -0.39 is 18.4 Å². The first-order valence-corrected chi connectivity index (χ1v) is 36.3. The Kier molecular flexibility index (Phi) is 64.0. The Morgan fingerprint density at radius 3 is 1.01 bits per heavy atom. The number of quaternary nitrogens is 1. The van der Waals surface area contributed by atoms with Gasteiger partial charge < -0.3 is 28.5 Å². The van der Waals surface area contributed by atoms with Crippen molar-refractivity contribution in [1.82, 2.24) is 0 Å². The van der Waals surface area contributed by atoms with Gasteiger partial charge in [-0.1, -0.05) is 339 Å². The van der Waals surface area contributed by atoms with Gasteiger partial charge in [-0.2, -0.15) is 0 Å². The Morgan fingerprint density at radius 1 is 0.369 bits per heavy atom. The van der Waals surface area contributed by atoms with Crippen LogP contribution in [0.4, 0.5) is 0 Å². The fourth-order valence-electron chi connectivity index (χ4n) is 10.8. The predicted molar refractivity (Wildman–Crippen MR) is 360 cm³/mol. The number of ether oxygens (including phenoxy) is 4.